The summed E-state index contributed by atoms with van der Waals surface area (Å²) in [5.74, 6) is -8.45. The van der Waals surface area contributed by atoms with E-state index < -0.39 is 143 Å². The van der Waals surface area contributed by atoms with Crippen LogP contribution in [-0.2, 0) is 52.7 Å². The fraction of sp³-hybridized carbons (Fsp3) is 0.788. The van der Waals surface area contributed by atoms with Crippen LogP contribution in [0.25, 0.3) is 0 Å². The van der Waals surface area contributed by atoms with Crippen LogP contribution in [0.15, 0.2) is 17.1 Å². The summed E-state index contributed by atoms with van der Waals surface area (Å²) in [6.07, 6.45) is 8.87. The van der Waals surface area contributed by atoms with Gasteiger partial charge in [0.1, 0.15) is 66.5 Å². The molecule has 0 spiro atoms. The van der Waals surface area contributed by atoms with Crippen molar-refractivity contribution in [2.45, 2.75) is 242 Å². The topological polar surface area (TPSA) is 271 Å². The number of allylic oxidation sites excluding steroid dienone is 2. The molecule has 11 amide bonds. The molecule has 1 rings (SSSR count). The molecule has 1 aliphatic heterocycles. The summed E-state index contributed by atoms with van der Waals surface area (Å²) < 4.78 is 0. The van der Waals surface area contributed by atoms with Gasteiger partial charge in [0.15, 0.2) is 0 Å². The molecule has 1 heterocycles. The maximum Gasteiger partial charge on any atom is 0.246 e. The summed E-state index contributed by atoms with van der Waals surface area (Å²) in [5.41, 5.74) is 0. The lowest BCUT2D eigenvalue weighted by molar-refractivity contribution is -0.156. The summed E-state index contributed by atoms with van der Waals surface area (Å²) in [6.45, 7) is 30.2. The molecule has 23 nitrogen and oxygen atoms in total. The number of carbonyl (C=O) groups excluding carboxylic acids is 11. The molecule has 1 aliphatic rings. The highest BCUT2D eigenvalue weighted by molar-refractivity contribution is 6.00. The van der Waals surface area contributed by atoms with Crippen LogP contribution in [0.3, 0.4) is 0 Å². The first-order valence-corrected chi connectivity index (χ1v) is 32.4. The second-order valence-electron chi connectivity index (χ2n) is 27.3. The van der Waals surface area contributed by atoms with Gasteiger partial charge in [-0.1, -0.05) is 109 Å². The van der Waals surface area contributed by atoms with Crippen molar-refractivity contribution < 1.29 is 52.7 Å². The number of carbonyl (C=O) groups is 11. The average molecular weight is 1260 g/mol. The van der Waals surface area contributed by atoms with E-state index in [4.69, 9.17) is 0 Å². The lowest BCUT2D eigenvalue weighted by Gasteiger charge is -2.41. The van der Waals surface area contributed by atoms with E-state index in [1.54, 1.807) is 41.7 Å². The van der Waals surface area contributed by atoms with Gasteiger partial charge in [0.2, 0.25) is 65.0 Å². The Morgan fingerprint density at radius 3 is 1.27 bits per heavy atom. The molecule has 0 radical (unpaired) electrons. The molecule has 0 bridgehead atoms. The molecule has 0 unspecified atom stereocenters. The number of likely N-dealkylation sites (N-methyl/N-ethyl adjacent to an activating group) is 7. The Labute approximate surface area is 534 Å². The maximum absolute atomic E-state index is 15.3. The van der Waals surface area contributed by atoms with Crippen LogP contribution in [0.2, 0.25) is 0 Å². The third kappa shape index (κ3) is 23.7. The van der Waals surface area contributed by atoms with Gasteiger partial charge in [0.25, 0.3) is 0 Å². The number of nitrogens with zero attached hydrogens (tertiary/aromatic N) is 8. The fourth-order valence-corrected chi connectivity index (χ4v) is 11.2. The Bertz CT molecular complexity index is 2450. The maximum atomic E-state index is 15.3. The minimum atomic E-state index is -1.22. The predicted octanol–water partition coefficient (Wildman–Crippen LogP) is 5.15. The Morgan fingerprint density at radius 1 is 0.404 bits per heavy atom. The fourth-order valence-electron chi connectivity index (χ4n) is 11.2. The zero-order valence-electron chi connectivity index (χ0n) is 59.1. The van der Waals surface area contributed by atoms with Crippen LogP contribution in [0.5, 0.6) is 0 Å². The monoisotopic (exact) mass is 1250 g/mol. The predicted molar refractivity (Wildman–Crippen MR) is 350 cm³/mol. The molecule has 23 heteroatoms. The molecule has 1 saturated heterocycles. The molecule has 508 valence electrons. The quantitative estimate of drug-likeness (QED) is 0.0792. The van der Waals surface area contributed by atoms with Gasteiger partial charge in [-0.2, -0.15) is 0 Å². The molecule has 0 aliphatic carbocycles. The summed E-state index contributed by atoms with van der Waals surface area (Å²) in [6, 6.07) is -12.7. The highest BCUT2D eigenvalue weighted by atomic mass is 16.2. The Balaban J connectivity index is 4.35. The van der Waals surface area contributed by atoms with Crippen molar-refractivity contribution in [3.05, 3.63) is 12.2 Å². The van der Waals surface area contributed by atoms with Crippen molar-refractivity contribution in [3.63, 3.8) is 0 Å². The zero-order valence-corrected chi connectivity index (χ0v) is 59.1. The van der Waals surface area contributed by atoms with Gasteiger partial charge in [0, 0.05) is 56.4 Å². The largest absolute Gasteiger partial charge is 0.343 e. The minimum absolute atomic E-state index is 0.0942. The zero-order chi connectivity index (χ0) is 68.8. The van der Waals surface area contributed by atoms with Gasteiger partial charge in [-0.15, -0.1) is 0 Å². The van der Waals surface area contributed by atoms with Crippen molar-refractivity contribution in [1.82, 2.24) is 55.6 Å². The highest BCUT2D eigenvalue weighted by Crippen LogP contribution is 2.26. The smallest absolute Gasteiger partial charge is 0.246 e. The Hall–Kier alpha value is -6.42. The number of nitrogens with one attached hydrogen (secondary N) is 4. The number of hydrogen-bond donors (Lipinski definition) is 4. The molecule has 0 aromatic rings. The van der Waals surface area contributed by atoms with Crippen molar-refractivity contribution in [1.29, 1.82) is 0 Å². The Morgan fingerprint density at radius 2 is 0.809 bits per heavy atom. The van der Waals surface area contributed by atoms with Crippen molar-refractivity contribution >= 4 is 71.2 Å². The van der Waals surface area contributed by atoms with E-state index in [2.05, 4.69) is 26.3 Å². The number of amides is 11. The number of unbranched alkanes of at least 4 members (excludes halogenated alkanes) is 1. The van der Waals surface area contributed by atoms with Crippen LogP contribution in [-0.4, -0.2) is 228 Å². The van der Waals surface area contributed by atoms with Crippen molar-refractivity contribution in [2.75, 3.05) is 56.4 Å². The molecule has 89 heavy (non-hydrogen) atoms. The third-order valence-corrected chi connectivity index (χ3v) is 17.0. The lowest BCUT2D eigenvalue weighted by Crippen LogP contribution is -2.62. The number of rotatable bonds is 18. The van der Waals surface area contributed by atoms with E-state index in [-0.39, 0.29) is 68.1 Å². The standard InChI is InChI=1S/C66H118N12O11/c1-26-48-62(85)72(19)47(17)61(84)73(20)50(34-39(4)5)59(82)71-54(42(10)11)65(88)74(21)49(33-38(2)3)57(80)68-45(15)56(79)69-46(16)60(83)76(23)52(35-40(6)7)63(86)77(24)53(36-41(8)9)64(87)78(25)55(43(12)13)66(89)75(22)51(58(81)70-48)37-44(14)31-29-27-28-30-32-67-18/h27,29,32,38-55H,26,28,30-31,33-37H2,1-25H3,(H,68,80)(H,69,79)(H,70,81)(H,71,82)/b29-27+,67-32+/t44-,45-,46+,47-,48+,49-,50+,51+,52+,53+,54-,55+/m1/s1. The molecule has 4 N–H and O–H groups in total. The van der Waals surface area contributed by atoms with Gasteiger partial charge in [-0.3, -0.25) is 52.7 Å². The van der Waals surface area contributed by atoms with Gasteiger partial charge >= 0.3 is 0 Å². The molecule has 0 aromatic carbocycles. The summed E-state index contributed by atoms with van der Waals surface area (Å²) >= 11 is 0. The van der Waals surface area contributed by atoms with E-state index in [0.717, 1.165) is 12.8 Å². The van der Waals surface area contributed by atoms with Gasteiger partial charge in [-0.25, -0.2) is 0 Å². The SMILES string of the molecule is CC[C@@H]1NC(=O)[C@H](C[C@H](C)C/C=C/CC/C=N/C)N(C)C(=O)[C@H](C(C)C)N(C)C(=O)[C@H](CC(C)C)N(C)C(=O)[C@H](CC(C)C)N(C)C(=O)[C@H](C)NC(=O)[C@@H](C)NC(=O)[C@@H](CC(C)C)N(C)C(=O)[C@@H](C(C)C)NC(=O)[C@H](CC(C)C)N(C)C(=O)[C@@H](C)N(C)C1=O. The first-order valence-electron chi connectivity index (χ1n) is 32.4. The highest BCUT2D eigenvalue weighted by Gasteiger charge is 2.44. The molecular formula is C66H118N12O11. The normalized spacial score (nSPS) is 26.8. The van der Waals surface area contributed by atoms with E-state index in [1.807, 2.05) is 80.7 Å². The molecule has 12 atom stereocenters. The molecule has 0 saturated carbocycles. The first kappa shape index (κ1) is 80.6. The average Bonchev–Trinajstić information content (AvgIpc) is 3.49. The second-order valence-corrected chi connectivity index (χ2v) is 27.3. The van der Waals surface area contributed by atoms with Crippen molar-refractivity contribution in [2.24, 2.45) is 46.4 Å². The second kappa shape index (κ2) is 37.7. The van der Waals surface area contributed by atoms with Gasteiger partial charge in [-0.05, 0) is 126 Å². The van der Waals surface area contributed by atoms with Gasteiger partial charge < -0.3 is 60.6 Å². The van der Waals surface area contributed by atoms with Gasteiger partial charge in [0.05, 0.1) is 0 Å². The van der Waals surface area contributed by atoms with Crippen LogP contribution >= 0.6 is 0 Å². The van der Waals surface area contributed by atoms with E-state index in [9.17, 15) is 38.4 Å². The number of hydrogen-bond acceptors (Lipinski definition) is 12. The minimum Gasteiger partial charge on any atom is -0.343 e. The van der Waals surface area contributed by atoms with E-state index in [1.165, 1.54) is 104 Å². The van der Waals surface area contributed by atoms with E-state index >= 15 is 14.4 Å². The summed E-state index contributed by atoms with van der Waals surface area (Å²) in [7, 11) is 12.0. The Kier molecular flexibility index (Phi) is 34.1. The van der Waals surface area contributed by atoms with Crippen LogP contribution in [0.1, 0.15) is 175 Å². The summed E-state index contributed by atoms with van der Waals surface area (Å²) in [5, 5.41) is 11.2. The molecular weight excluding hydrogens is 1140 g/mol. The van der Waals surface area contributed by atoms with Crippen LogP contribution < -0.4 is 21.3 Å². The third-order valence-electron chi connectivity index (χ3n) is 17.0. The van der Waals surface area contributed by atoms with Crippen LogP contribution in [0, 0.1) is 41.4 Å². The van der Waals surface area contributed by atoms with Crippen LogP contribution in [0.4, 0.5) is 0 Å². The molecule has 1 fully saturated rings. The first-order chi connectivity index (χ1) is 41.2. The van der Waals surface area contributed by atoms with E-state index in [0.29, 0.717) is 6.42 Å². The van der Waals surface area contributed by atoms with Crippen molar-refractivity contribution in [3.8, 4) is 0 Å². The lowest BCUT2D eigenvalue weighted by atomic mass is 9.93. The number of aliphatic imine (C=N–C) groups is 1. The summed E-state index contributed by atoms with van der Waals surface area (Å²) in [4.78, 5) is 175. The molecule has 0 aromatic heterocycles.